The molecule has 4 rings (SSSR count). The van der Waals surface area contributed by atoms with Crippen LogP contribution in [0, 0.1) is 6.57 Å². The number of fused-ring (bicyclic) bond motifs is 1. The molecule has 3 aromatic rings. The molecule has 30 heavy (non-hydrogen) atoms. The smallest absolute Gasteiger partial charge is 0.323 e. The highest BCUT2D eigenvalue weighted by Gasteiger charge is 2.15. The van der Waals surface area contributed by atoms with Crippen LogP contribution in [-0.2, 0) is 17.9 Å². The van der Waals surface area contributed by atoms with Crippen molar-refractivity contribution in [3.63, 3.8) is 0 Å². The Bertz CT molecular complexity index is 1080. The van der Waals surface area contributed by atoms with Crippen LogP contribution < -0.4 is 10.1 Å². The maximum Gasteiger partial charge on any atom is 0.323 e. The number of aromatic nitrogens is 2. The summed E-state index contributed by atoms with van der Waals surface area (Å²) in [7, 11) is 0. The number of carboxylic acids is 1. The Morgan fingerprint density at radius 3 is 2.67 bits per heavy atom. The molecule has 0 saturated heterocycles. The SMILES string of the molecule is [C-]#[N+]c1ccc2c(c1)nc(CNc1ccc(OC3CCCCC3)cc1)n2CC(=O)O. The molecule has 2 N–H and O–H groups in total. The number of ether oxygens (including phenoxy) is 1. The van der Waals surface area contributed by atoms with Gasteiger partial charge in [0.1, 0.15) is 18.1 Å². The van der Waals surface area contributed by atoms with Crippen LogP contribution >= 0.6 is 0 Å². The minimum absolute atomic E-state index is 0.182. The third-order valence-corrected chi connectivity index (χ3v) is 5.39. The van der Waals surface area contributed by atoms with Crippen LogP contribution in [0.2, 0.25) is 0 Å². The lowest BCUT2D eigenvalue weighted by atomic mass is 9.98. The second-order valence-corrected chi connectivity index (χ2v) is 7.55. The van der Waals surface area contributed by atoms with Crippen molar-refractivity contribution in [2.24, 2.45) is 0 Å². The summed E-state index contributed by atoms with van der Waals surface area (Å²) in [4.78, 5) is 19.3. The molecule has 7 heteroatoms. The van der Waals surface area contributed by atoms with Gasteiger partial charge in [-0.05, 0) is 62.1 Å². The van der Waals surface area contributed by atoms with Crippen molar-refractivity contribution < 1.29 is 14.6 Å². The number of hydrogen-bond donors (Lipinski definition) is 2. The van der Waals surface area contributed by atoms with Gasteiger partial charge in [-0.15, -0.1) is 0 Å². The highest BCUT2D eigenvalue weighted by atomic mass is 16.5. The molecule has 1 aliphatic rings. The maximum absolute atomic E-state index is 11.3. The standard InChI is InChI=1S/C23H24N4O3/c1-24-17-9-12-21-20(13-17)26-22(27(21)15-23(28)29)14-25-16-7-10-19(11-8-16)30-18-5-3-2-4-6-18/h7-13,18,25H,2-6,14-15H2,(H,28,29). The van der Waals surface area contributed by atoms with Crippen LogP contribution in [0.3, 0.4) is 0 Å². The molecule has 7 nitrogen and oxygen atoms in total. The highest BCUT2D eigenvalue weighted by Crippen LogP contribution is 2.25. The zero-order valence-corrected chi connectivity index (χ0v) is 16.7. The average molecular weight is 404 g/mol. The number of nitrogens with one attached hydrogen (secondary N) is 1. The summed E-state index contributed by atoms with van der Waals surface area (Å²) in [6, 6.07) is 12.9. The molecule has 2 aromatic carbocycles. The third-order valence-electron chi connectivity index (χ3n) is 5.39. The summed E-state index contributed by atoms with van der Waals surface area (Å²) in [5, 5.41) is 12.6. The number of anilines is 1. The van der Waals surface area contributed by atoms with Crippen LogP contribution in [0.15, 0.2) is 42.5 Å². The zero-order valence-electron chi connectivity index (χ0n) is 16.7. The number of carboxylic acid groups (broad SMARTS) is 1. The summed E-state index contributed by atoms with van der Waals surface area (Å²) in [5.74, 6) is 0.545. The van der Waals surface area contributed by atoms with Crippen LogP contribution in [0.5, 0.6) is 5.75 Å². The van der Waals surface area contributed by atoms with Gasteiger partial charge >= 0.3 is 5.97 Å². The van der Waals surface area contributed by atoms with Gasteiger partial charge in [-0.1, -0.05) is 12.5 Å². The van der Waals surface area contributed by atoms with Crippen molar-refractivity contribution in [1.29, 1.82) is 0 Å². The Kier molecular flexibility index (Phi) is 5.84. The van der Waals surface area contributed by atoms with Crippen molar-refractivity contribution in [3.8, 4) is 5.75 Å². The molecule has 0 bridgehead atoms. The van der Waals surface area contributed by atoms with Gasteiger partial charge in [-0.3, -0.25) is 4.79 Å². The minimum Gasteiger partial charge on any atom is -0.490 e. The van der Waals surface area contributed by atoms with Gasteiger partial charge in [-0.25, -0.2) is 9.83 Å². The highest BCUT2D eigenvalue weighted by molar-refractivity contribution is 5.82. The molecular weight excluding hydrogens is 380 g/mol. The van der Waals surface area contributed by atoms with E-state index >= 15 is 0 Å². The second kappa shape index (κ2) is 8.87. The second-order valence-electron chi connectivity index (χ2n) is 7.55. The van der Waals surface area contributed by atoms with Crippen LogP contribution in [0.4, 0.5) is 11.4 Å². The molecule has 0 aliphatic heterocycles. The molecule has 1 saturated carbocycles. The van der Waals surface area contributed by atoms with Crippen molar-refractivity contribution in [3.05, 3.63) is 59.7 Å². The number of aliphatic carboxylic acids is 1. The molecule has 154 valence electrons. The molecule has 0 radical (unpaired) electrons. The van der Waals surface area contributed by atoms with Gasteiger partial charge < -0.3 is 19.7 Å². The average Bonchev–Trinajstić information content (AvgIpc) is 3.10. The monoisotopic (exact) mass is 404 g/mol. The number of carbonyl (C=O) groups is 1. The summed E-state index contributed by atoms with van der Waals surface area (Å²) in [5.41, 5.74) is 2.72. The Labute approximate surface area is 175 Å². The van der Waals surface area contributed by atoms with E-state index in [4.69, 9.17) is 11.3 Å². The van der Waals surface area contributed by atoms with Gasteiger partial charge in [-0.2, -0.15) is 0 Å². The fourth-order valence-electron chi connectivity index (χ4n) is 3.89. The molecule has 0 atom stereocenters. The molecule has 1 heterocycles. The van der Waals surface area contributed by atoms with Crippen molar-refractivity contribution >= 4 is 28.4 Å². The van der Waals surface area contributed by atoms with E-state index in [2.05, 4.69) is 15.1 Å². The number of rotatable bonds is 7. The van der Waals surface area contributed by atoms with E-state index in [1.54, 1.807) is 22.8 Å². The van der Waals surface area contributed by atoms with Gasteiger partial charge in [0.2, 0.25) is 0 Å². The lowest BCUT2D eigenvalue weighted by Gasteiger charge is -2.23. The Morgan fingerprint density at radius 1 is 1.20 bits per heavy atom. The van der Waals surface area contributed by atoms with E-state index < -0.39 is 5.97 Å². The fraction of sp³-hybridized carbons (Fsp3) is 0.348. The van der Waals surface area contributed by atoms with Crippen LogP contribution in [0.1, 0.15) is 37.9 Å². The summed E-state index contributed by atoms with van der Waals surface area (Å²) in [6.45, 7) is 7.35. The van der Waals surface area contributed by atoms with E-state index in [0.29, 0.717) is 35.2 Å². The quantitative estimate of drug-likeness (QED) is 0.542. The Morgan fingerprint density at radius 2 is 1.97 bits per heavy atom. The first-order chi connectivity index (χ1) is 14.6. The molecule has 0 amide bonds. The van der Waals surface area contributed by atoms with Gasteiger partial charge in [0, 0.05) is 5.69 Å². The van der Waals surface area contributed by atoms with Crippen molar-refractivity contribution in [2.75, 3.05) is 5.32 Å². The fourth-order valence-corrected chi connectivity index (χ4v) is 3.89. The summed E-state index contributed by atoms with van der Waals surface area (Å²) in [6.07, 6.45) is 6.32. The molecule has 0 spiro atoms. The largest absolute Gasteiger partial charge is 0.490 e. The zero-order chi connectivity index (χ0) is 20.9. The maximum atomic E-state index is 11.3. The first-order valence-electron chi connectivity index (χ1n) is 10.2. The topological polar surface area (TPSA) is 80.7 Å². The van der Waals surface area contributed by atoms with E-state index in [0.717, 1.165) is 24.3 Å². The van der Waals surface area contributed by atoms with E-state index in [-0.39, 0.29) is 6.54 Å². The van der Waals surface area contributed by atoms with Crippen LogP contribution in [0.25, 0.3) is 15.9 Å². The van der Waals surface area contributed by atoms with Crippen molar-refractivity contribution in [2.45, 2.75) is 51.3 Å². The predicted molar refractivity (Wildman–Crippen MR) is 115 cm³/mol. The normalized spacial score (nSPS) is 14.4. The number of imidazole rings is 1. The number of nitrogens with zero attached hydrogens (tertiary/aromatic N) is 3. The van der Waals surface area contributed by atoms with E-state index in [1.807, 2.05) is 24.3 Å². The van der Waals surface area contributed by atoms with Gasteiger partial charge in [0.15, 0.2) is 5.69 Å². The molecule has 1 fully saturated rings. The molecule has 1 aliphatic carbocycles. The molecule has 1 aromatic heterocycles. The third kappa shape index (κ3) is 4.54. The Balaban J connectivity index is 1.47. The lowest BCUT2D eigenvalue weighted by molar-refractivity contribution is -0.137. The lowest BCUT2D eigenvalue weighted by Crippen LogP contribution is -2.19. The van der Waals surface area contributed by atoms with E-state index in [9.17, 15) is 9.90 Å². The van der Waals surface area contributed by atoms with Gasteiger partial charge in [0.05, 0.1) is 30.3 Å². The number of benzene rings is 2. The van der Waals surface area contributed by atoms with E-state index in [1.165, 1.54) is 19.3 Å². The minimum atomic E-state index is -0.936. The van der Waals surface area contributed by atoms with Crippen molar-refractivity contribution in [1.82, 2.24) is 9.55 Å². The van der Waals surface area contributed by atoms with Crippen LogP contribution in [-0.4, -0.2) is 26.7 Å². The predicted octanol–water partition coefficient (Wildman–Crippen LogP) is 5.00. The summed E-state index contributed by atoms with van der Waals surface area (Å²) >= 11 is 0. The Hall–Kier alpha value is -3.53. The summed E-state index contributed by atoms with van der Waals surface area (Å²) < 4.78 is 7.73. The number of hydrogen-bond acceptors (Lipinski definition) is 4. The first kappa shape index (κ1) is 19.8. The molecule has 0 unspecified atom stereocenters. The molecular formula is C23H24N4O3. The van der Waals surface area contributed by atoms with Gasteiger partial charge in [0.25, 0.3) is 0 Å². The first-order valence-corrected chi connectivity index (χ1v) is 10.2.